The molecule has 216 valence electrons. The Labute approximate surface area is 239 Å². The number of rotatable bonds is 10. The number of carbonyl (C=O) groups is 1. The minimum atomic E-state index is -4.46. The Morgan fingerprint density at radius 2 is 1.66 bits per heavy atom. The number of halogens is 3. The second kappa shape index (κ2) is 12.7. The van der Waals surface area contributed by atoms with Gasteiger partial charge in [0, 0.05) is 44.7 Å². The summed E-state index contributed by atoms with van der Waals surface area (Å²) in [5.41, 5.74) is 2.13. The molecular formula is C31H34F3N3O3Si. The Bertz CT molecular complexity index is 1470. The molecule has 0 fully saturated rings. The summed E-state index contributed by atoms with van der Waals surface area (Å²) in [4.78, 5) is 18.9. The average Bonchev–Trinajstić information content (AvgIpc) is 3.38. The third-order valence-electron chi connectivity index (χ3n) is 6.46. The Morgan fingerprint density at radius 3 is 2.37 bits per heavy atom. The summed E-state index contributed by atoms with van der Waals surface area (Å²) in [6.45, 7) is 7.68. The molecule has 0 atom stereocenters. The van der Waals surface area contributed by atoms with Crippen molar-refractivity contribution in [3.63, 3.8) is 0 Å². The molecule has 1 aromatic heterocycles. The number of aromatic nitrogens is 2. The number of carbonyl (C=O) groups excluding carboxylic acids is 1. The number of amides is 1. The summed E-state index contributed by atoms with van der Waals surface area (Å²) in [6, 6.07) is 22.7. The van der Waals surface area contributed by atoms with Crippen LogP contribution in [0.2, 0.25) is 25.7 Å². The molecule has 0 spiro atoms. The zero-order chi connectivity index (χ0) is 29.6. The smallest absolute Gasteiger partial charge is 0.416 e. The second-order valence-corrected chi connectivity index (χ2v) is 16.6. The standard InChI is InChI=1S/C31H34F3N3O3Si/c1-36(30(38)40-21-23-10-6-5-7-11-23)27-15-9-13-25(19-27)29-35-28(20-37(29)22-39-16-17-41(2,3)4)24-12-8-14-26(18-24)31(32,33)34/h5-15,18-20H,16-17,21-22H2,1-4H3. The Hall–Kier alpha value is -3.89. The molecule has 3 aromatic carbocycles. The molecule has 0 saturated carbocycles. The summed E-state index contributed by atoms with van der Waals surface area (Å²) in [5, 5.41) is 0. The lowest BCUT2D eigenvalue weighted by Gasteiger charge is -2.18. The summed E-state index contributed by atoms with van der Waals surface area (Å²) < 4.78 is 53.4. The molecule has 10 heteroatoms. The molecular weight excluding hydrogens is 547 g/mol. The molecule has 1 heterocycles. The SMILES string of the molecule is CN(C(=O)OCc1ccccc1)c1cccc(-c2nc(-c3cccc(C(F)(F)F)c3)cn2COCC[Si](C)(C)C)c1. The van der Waals surface area contributed by atoms with E-state index < -0.39 is 25.9 Å². The molecule has 0 radical (unpaired) electrons. The van der Waals surface area contributed by atoms with Crippen molar-refractivity contribution in [2.45, 2.75) is 45.2 Å². The number of hydrogen-bond donors (Lipinski definition) is 0. The highest BCUT2D eigenvalue weighted by atomic mass is 28.3. The van der Waals surface area contributed by atoms with Crippen molar-refractivity contribution in [3.05, 3.63) is 96.2 Å². The van der Waals surface area contributed by atoms with Gasteiger partial charge in [-0.15, -0.1) is 0 Å². The van der Waals surface area contributed by atoms with Crippen molar-refractivity contribution in [2.75, 3.05) is 18.6 Å². The summed E-state index contributed by atoms with van der Waals surface area (Å²) >= 11 is 0. The van der Waals surface area contributed by atoms with Gasteiger partial charge in [0.2, 0.25) is 0 Å². The molecule has 41 heavy (non-hydrogen) atoms. The van der Waals surface area contributed by atoms with Crippen LogP contribution in [0.5, 0.6) is 0 Å². The van der Waals surface area contributed by atoms with E-state index in [0.29, 0.717) is 34.9 Å². The molecule has 0 aliphatic heterocycles. The van der Waals surface area contributed by atoms with Gasteiger partial charge < -0.3 is 14.0 Å². The van der Waals surface area contributed by atoms with Gasteiger partial charge in [-0.25, -0.2) is 9.78 Å². The number of anilines is 1. The third kappa shape index (κ3) is 8.31. The summed E-state index contributed by atoms with van der Waals surface area (Å²) in [7, 11) is 0.308. The highest BCUT2D eigenvalue weighted by Gasteiger charge is 2.30. The number of alkyl halides is 3. The van der Waals surface area contributed by atoms with Crippen molar-refractivity contribution < 1.29 is 27.4 Å². The fraction of sp³-hybridized carbons (Fsp3) is 0.290. The van der Waals surface area contributed by atoms with Crippen molar-refractivity contribution >= 4 is 19.9 Å². The number of imidazole rings is 1. The topological polar surface area (TPSA) is 56.6 Å². The van der Waals surface area contributed by atoms with E-state index in [1.54, 1.807) is 42.1 Å². The quantitative estimate of drug-likeness (QED) is 0.140. The fourth-order valence-corrected chi connectivity index (χ4v) is 4.81. The van der Waals surface area contributed by atoms with Crippen molar-refractivity contribution in [1.29, 1.82) is 0 Å². The van der Waals surface area contributed by atoms with Gasteiger partial charge in [-0.1, -0.05) is 74.2 Å². The van der Waals surface area contributed by atoms with Crippen LogP contribution in [-0.2, 0) is 29.0 Å². The lowest BCUT2D eigenvalue weighted by molar-refractivity contribution is -0.137. The monoisotopic (exact) mass is 581 g/mol. The maximum atomic E-state index is 13.4. The molecule has 6 nitrogen and oxygen atoms in total. The van der Waals surface area contributed by atoms with E-state index in [9.17, 15) is 18.0 Å². The van der Waals surface area contributed by atoms with Crippen LogP contribution in [0.3, 0.4) is 0 Å². The minimum Gasteiger partial charge on any atom is -0.444 e. The first-order chi connectivity index (χ1) is 19.4. The number of ether oxygens (including phenoxy) is 2. The number of benzene rings is 3. The molecule has 0 aliphatic carbocycles. The molecule has 1 amide bonds. The van der Waals surface area contributed by atoms with Crippen LogP contribution in [0.15, 0.2) is 85.1 Å². The molecule has 4 rings (SSSR count). The van der Waals surface area contributed by atoms with Crippen LogP contribution < -0.4 is 4.90 Å². The van der Waals surface area contributed by atoms with Gasteiger partial charge >= 0.3 is 12.3 Å². The predicted molar refractivity (Wildman–Crippen MR) is 157 cm³/mol. The van der Waals surface area contributed by atoms with Gasteiger partial charge in [-0.05, 0) is 35.9 Å². The Kier molecular flexibility index (Phi) is 9.34. The van der Waals surface area contributed by atoms with Crippen LogP contribution in [0.25, 0.3) is 22.6 Å². The highest BCUT2D eigenvalue weighted by Crippen LogP contribution is 2.33. The van der Waals surface area contributed by atoms with Gasteiger partial charge in [0.1, 0.15) is 19.2 Å². The molecule has 0 saturated heterocycles. The second-order valence-electron chi connectivity index (χ2n) is 11.0. The molecule has 4 aromatic rings. The highest BCUT2D eigenvalue weighted by molar-refractivity contribution is 6.76. The van der Waals surface area contributed by atoms with E-state index in [0.717, 1.165) is 23.7 Å². The zero-order valence-electron chi connectivity index (χ0n) is 23.6. The first kappa shape index (κ1) is 30.1. The van der Waals surface area contributed by atoms with Gasteiger partial charge in [0.25, 0.3) is 0 Å². The fourth-order valence-electron chi connectivity index (χ4n) is 4.06. The van der Waals surface area contributed by atoms with Gasteiger partial charge in [-0.2, -0.15) is 13.2 Å². The molecule has 0 N–H and O–H groups in total. The van der Waals surface area contributed by atoms with E-state index in [4.69, 9.17) is 14.5 Å². The minimum absolute atomic E-state index is 0.142. The van der Waals surface area contributed by atoms with E-state index >= 15 is 0 Å². The molecule has 0 unspecified atom stereocenters. The molecule has 0 bridgehead atoms. The average molecular weight is 582 g/mol. The molecule has 0 aliphatic rings. The van der Waals surface area contributed by atoms with Gasteiger partial charge in [-0.3, -0.25) is 4.90 Å². The maximum absolute atomic E-state index is 13.4. The zero-order valence-corrected chi connectivity index (χ0v) is 24.6. The van der Waals surface area contributed by atoms with Crippen molar-refractivity contribution in [2.24, 2.45) is 0 Å². The van der Waals surface area contributed by atoms with Crippen LogP contribution in [0, 0.1) is 0 Å². The normalized spacial score (nSPS) is 11.9. The van der Waals surface area contributed by atoms with E-state index in [1.165, 1.54) is 11.0 Å². The van der Waals surface area contributed by atoms with Crippen LogP contribution in [-0.4, -0.2) is 37.4 Å². The Morgan fingerprint density at radius 1 is 0.951 bits per heavy atom. The lowest BCUT2D eigenvalue weighted by Crippen LogP contribution is -2.26. The maximum Gasteiger partial charge on any atom is 0.416 e. The van der Waals surface area contributed by atoms with Crippen LogP contribution >= 0.6 is 0 Å². The van der Waals surface area contributed by atoms with Crippen LogP contribution in [0.1, 0.15) is 11.1 Å². The first-order valence-corrected chi connectivity index (χ1v) is 17.0. The van der Waals surface area contributed by atoms with E-state index in [1.807, 2.05) is 36.4 Å². The lowest BCUT2D eigenvalue weighted by atomic mass is 10.1. The number of nitrogens with zero attached hydrogens (tertiary/aromatic N) is 3. The number of hydrogen-bond acceptors (Lipinski definition) is 4. The van der Waals surface area contributed by atoms with Crippen molar-refractivity contribution in [1.82, 2.24) is 9.55 Å². The summed E-state index contributed by atoms with van der Waals surface area (Å²) in [6.07, 6.45) is -3.28. The van der Waals surface area contributed by atoms with Gasteiger partial charge in [0.05, 0.1) is 11.3 Å². The van der Waals surface area contributed by atoms with Crippen molar-refractivity contribution in [3.8, 4) is 22.6 Å². The third-order valence-corrected chi connectivity index (χ3v) is 8.16. The summed E-state index contributed by atoms with van der Waals surface area (Å²) in [5.74, 6) is 0.512. The Balaban J connectivity index is 1.61. The van der Waals surface area contributed by atoms with E-state index in [2.05, 4.69) is 19.6 Å². The first-order valence-electron chi connectivity index (χ1n) is 13.3. The van der Waals surface area contributed by atoms with Crippen LogP contribution in [0.4, 0.5) is 23.7 Å². The largest absolute Gasteiger partial charge is 0.444 e. The van der Waals surface area contributed by atoms with E-state index in [-0.39, 0.29) is 13.3 Å². The van der Waals surface area contributed by atoms with Gasteiger partial charge in [0.15, 0.2) is 0 Å². The predicted octanol–water partition coefficient (Wildman–Crippen LogP) is 8.32.